The van der Waals surface area contributed by atoms with Crippen LogP contribution in [-0.2, 0) is 14.6 Å². The van der Waals surface area contributed by atoms with Gasteiger partial charge >= 0.3 is 0 Å². The Labute approximate surface area is 154 Å². The van der Waals surface area contributed by atoms with E-state index in [2.05, 4.69) is 4.90 Å². The SMILES string of the molecule is CN(CC(=O)N1CCN(c2ccccc2Cl)CC1)C1CCS(=O)(=O)C1. The highest BCUT2D eigenvalue weighted by Gasteiger charge is 2.32. The normalized spacial score (nSPS) is 23.2. The minimum atomic E-state index is -2.93. The van der Waals surface area contributed by atoms with Crippen LogP contribution in [0.15, 0.2) is 24.3 Å². The Morgan fingerprint density at radius 1 is 1.24 bits per heavy atom. The predicted molar refractivity (Wildman–Crippen MR) is 99.9 cm³/mol. The molecule has 0 bridgehead atoms. The summed E-state index contributed by atoms with van der Waals surface area (Å²) in [5.74, 6) is 0.453. The molecule has 1 aromatic rings. The first-order valence-electron chi connectivity index (χ1n) is 8.53. The van der Waals surface area contributed by atoms with E-state index >= 15 is 0 Å². The molecule has 2 aliphatic rings. The molecule has 0 saturated carbocycles. The number of benzene rings is 1. The molecule has 8 heteroatoms. The van der Waals surface area contributed by atoms with Crippen LogP contribution < -0.4 is 4.90 Å². The fourth-order valence-electron chi connectivity index (χ4n) is 3.47. The molecule has 0 aliphatic carbocycles. The molecule has 0 aromatic heterocycles. The van der Waals surface area contributed by atoms with E-state index < -0.39 is 9.84 Å². The molecule has 1 unspecified atom stereocenters. The van der Waals surface area contributed by atoms with Crippen molar-refractivity contribution in [2.45, 2.75) is 12.5 Å². The smallest absolute Gasteiger partial charge is 0.236 e. The minimum Gasteiger partial charge on any atom is -0.367 e. The molecular formula is C17H24ClN3O3S. The number of amides is 1. The third kappa shape index (κ3) is 4.46. The van der Waals surface area contributed by atoms with E-state index in [0.717, 1.165) is 23.8 Å². The minimum absolute atomic E-state index is 0.0432. The number of nitrogens with zero attached hydrogens (tertiary/aromatic N) is 3. The molecule has 2 heterocycles. The molecule has 0 N–H and O–H groups in total. The largest absolute Gasteiger partial charge is 0.367 e. The van der Waals surface area contributed by atoms with Crippen LogP contribution in [0, 0.1) is 0 Å². The van der Waals surface area contributed by atoms with Gasteiger partial charge in [-0.25, -0.2) is 8.42 Å². The zero-order valence-corrected chi connectivity index (χ0v) is 16.0. The lowest BCUT2D eigenvalue weighted by molar-refractivity contribution is -0.132. The lowest BCUT2D eigenvalue weighted by Crippen LogP contribution is -2.52. The number of hydrogen-bond donors (Lipinski definition) is 0. The van der Waals surface area contributed by atoms with Crippen LogP contribution in [0.4, 0.5) is 5.69 Å². The van der Waals surface area contributed by atoms with Crippen molar-refractivity contribution in [3.63, 3.8) is 0 Å². The van der Waals surface area contributed by atoms with Crippen molar-refractivity contribution in [2.75, 3.05) is 56.2 Å². The highest BCUT2D eigenvalue weighted by Crippen LogP contribution is 2.26. The molecule has 138 valence electrons. The molecule has 2 aliphatic heterocycles. The van der Waals surface area contributed by atoms with Crippen molar-refractivity contribution >= 4 is 33.0 Å². The number of anilines is 1. The van der Waals surface area contributed by atoms with Crippen molar-refractivity contribution in [3.8, 4) is 0 Å². The molecule has 1 amide bonds. The van der Waals surface area contributed by atoms with E-state index in [1.807, 2.05) is 41.1 Å². The lowest BCUT2D eigenvalue weighted by atomic mass is 10.2. The van der Waals surface area contributed by atoms with Gasteiger partial charge < -0.3 is 9.80 Å². The topological polar surface area (TPSA) is 60.9 Å². The average Bonchev–Trinajstić information content (AvgIpc) is 2.95. The average molecular weight is 386 g/mol. The number of carbonyl (C=O) groups excluding carboxylic acids is 1. The van der Waals surface area contributed by atoms with E-state index in [-0.39, 0.29) is 30.0 Å². The van der Waals surface area contributed by atoms with Gasteiger partial charge in [-0.15, -0.1) is 0 Å². The van der Waals surface area contributed by atoms with E-state index in [4.69, 9.17) is 11.6 Å². The van der Waals surface area contributed by atoms with Crippen LogP contribution in [0.5, 0.6) is 0 Å². The van der Waals surface area contributed by atoms with Crippen LogP contribution in [0.1, 0.15) is 6.42 Å². The quantitative estimate of drug-likeness (QED) is 0.777. The Hall–Kier alpha value is -1.31. The van der Waals surface area contributed by atoms with Crippen LogP contribution in [0.25, 0.3) is 0 Å². The number of hydrogen-bond acceptors (Lipinski definition) is 5. The number of halogens is 1. The second-order valence-electron chi connectivity index (χ2n) is 6.79. The van der Waals surface area contributed by atoms with Gasteiger partial charge in [-0.05, 0) is 25.6 Å². The Kier molecular flexibility index (Phi) is 5.55. The van der Waals surface area contributed by atoms with Gasteiger partial charge in [0, 0.05) is 32.2 Å². The summed E-state index contributed by atoms with van der Waals surface area (Å²) in [6, 6.07) is 7.69. The van der Waals surface area contributed by atoms with Crippen molar-refractivity contribution in [1.82, 2.24) is 9.80 Å². The maximum absolute atomic E-state index is 12.5. The highest BCUT2D eigenvalue weighted by molar-refractivity contribution is 7.91. The first-order chi connectivity index (χ1) is 11.9. The van der Waals surface area contributed by atoms with Gasteiger partial charge in [0.25, 0.3) is 0 Å². The third-order valence-electron chi connectivity index (χ3n) is 5.04. The fraction of sp³-hybridized carbons (Fsp3) is 0.588. The summed E-state index contributed by atoms with van der Waals surface area (Å²) in [6.45, 7) is 3.07. The van der Waals surface area contributed by atoms with Crippen LogP contribution in [0.3, 0.4) is 0 Å². The summed E-state index contributed by atoms with van der Waals surface area (Å²) in [6.07, 6.45) is 0.617. The predicted octanol–water partition coefficient (Wildman–Crippen LogP) is 1.11. The molecule has 2 fully saturated rings. The van der Waals surface area contributed by atoms with Crippen molar-refractivity contribution in [3.05, 3.63) is 29.3 Å². The van der Waals surface area contributed by atoms with Crippen LogP contribution in [0.2, 0.25) is 5.02 Å². The molecular weight excluding hydrogens is 362 g/mol. The number of sulfone groups is 1. The van der Waals surface area contributed by atoms with Crippen LogP contribution in [-0.4, -0.2) is 81.4 Å². The molecule has 6 nitrogen and oxygen atoms in total. The van der Waals surface area contributed by atoms with E-state index in [0.29, 0.717) is 19.5 Å². The molecule has 0 radical (unpaired) electrons. The van der Waals surface area contributed by atoms with Gasteiger partial charge in [0.15, 0.2) is 9.84 Å². The summed E-state index contributed by atoms with van der Waals surface area (Å²) in [5.41, 5.74) is 1.00. The van der Waals surface area contributed by atoms with Gasteiger partial charge in [0.05, 0.1) is 28.8 Å². The summed E-state index contributed by atoms with van der Waals surface area (Å²) < 4.78 is 23.2. The van der Waals surface area contributed by atoms with Crippen molar-refractivity contribution in [2.24, 2.45) is 0 Å². The van der Waals surface area contributed by atoms with Crippen molar-refractivity contribution < 1.29 is 13.2 Å². The Morgan fingerprint density at radius 3 is 2.52 bits per heavy atom. The lowest BCUT2D eigenvalue weighted by Gasteiger charge is -2.37. The maximum Gasteiger partial charge on any atom is 0.236 e. The molecule has 0 spiro atoms. The monoisotopic (exact) mass is 385 g/mol. The number of rotatable bonds is 4. The summed E-state index contributed by atoms with van der Waals surface area (Å²) >= 11 is 6.24. The Balaban J connectivity index is 1.51. The number of piperazine rings is 1. The van der Waals surface area contributed by atoms with Gasteiger partial charge in [-0.3, -0.25) is 9.69 Å². The first-order valence-corrected chi connectivity index (χ1v) is 10.7. The van der Waals surface area contributed by atoms with Gasteiger partial charge in [-0.1, -0.05) is 23.7 Å². The van der Waals surface area contributed by atoms with Crippen LogP contribution >= 0.6 is 11.6 Å². The second kappa shape index (κ2) is 7.51. The highest BCUT2D eigenvalue weighted by atomic mass is 35.5. The Bertz CT molecular complexity index is 732. The maximum atomic E-state index is 12.5. The molecule has 1 aromatic carbocycles. The second-order valence-corrected chi connectivity index (χ2v) is 9.43. The van der Waals surface area contributed by atoms with Gasteiger partial charge in [-0.2, -0.15) is 0 Å². The summed E-state index contributed by atoms with van der Waals surface area (Å²) in [7, 11) is -1.09. The van der Waals surface area contributed by atoms with Gasteiger partial charge in [0.1, 0.15) is 0 Å². The molecule has 25 heavy (non-hydrogen) atoms. The van der Waals surface area contributed by atoms with E-state index in [1.54, 1.807) is 0 Å². The van der Waals surface area contributed by atoms with E-state index in [1.165, 1.54) is 0 Å². The zero-order valence-electron chi connectivity index (χ0n) is 14.4. The third-order valence-corrected chi connectivity index (χ3v) is 7.11. The number of para-hydroxylation sites is 1. The number of likely N-dealkylation sites (N-methyl/N-ethyl adjacent to an activating group) is 1. The van der Waals surface area contributed by atoms with E-state index in [9.17, 15) is 13.2 Å². The first kappa shape index (κ1) is 18.5. The fourth-order valence-corrected chi connectivity index (χ4v) is 5.53. The Morgan fingerprint density at radius 2 is 1.92 bits per heavy atom. The zero-order chi connectivity index (χ0) is 18.0. The van der Waals surface area contributed by atoms with Gasteiger partial charge in [0.2, 0.25) is 5.91 Å². The molecule has 2 saturated heterocycles. The van der Waals surface area contributed by atoms with Crippen molar-refractivity contribution in [1.29, 1.82) is 0 Å². The standard InChI is InChI=1S/C17H24ClN3O3S/c1-19(14-6-11-25(23,24)13-14)12-17(22)21-9-7-20(8-10-21)16-5-3-2-4-15(16)18/h2-5,14H,6-13H2,1H3. The molecule has 3 rings (SSSR count). The molecule has 1 atom stereocenters. The summed E-state index contributed by atoms with van der Waals surface area (Å²) in [5, 5.41) is 0.726. The number of carbonyl (C=O) groups is 1. The summed E-state index contributed by atoms with van der Waals surface area (Å²) in [4.78, 5) is 18.5.